The van der Waals surface area contributed by atoms with Crippen molar-refractivity contribution in [3.8, 4) is 5.88 Å². The summed E-state index contributed by atoms with van der Waals surface area (Å²) >= 11 is 5.59. The Labute approximate surface area is 100 Å². The van der Waals surface area contributed by atoms with E-state index in [1.165, 1.54) is 19.2 Å². The van der Waals surface area contributed by atoms with E-state index in [0.29, 0.717) is 0 Å². The zero-order valence-corrected chi connectivity index (χ0v) is 9.46. The molecule has 1 aromatic rings. The van der Waals surface area contributed by atoms with Crippen molar-refractivity contribution in [2.45, 2.75) is 17.8 Å². The third-order valence-electron chi connectivity index (χ3n) is 2.83. The molecule has 0 saturated heterocycles. The predicted octanol–water partition coefficient (Wildman–Crippen LogP) is 2.10. The smallest absolute Gasteiger partial charge is 0.320 e. The maximum Gasteiger partial charge on any atom is 0.320 e. The molecule has 1 unspecified atom stereocenters. The van der Waals surface area contributed by atoms with E-state index in [9.17, 15) is 13.6 Å². The number of aliphatic carboxylic acids is 1. The standard InChI is InChI=1S/C10H8ClF2NO3/c1-17-7-5(2-3-6(11)14-7)9(8(15)16)4-10(9,12)13/h2-3H,4H2,1H3,(H,15,16). The Balaban J connectivity index is 2.57. The van der Waals surface area contributed by atoms with E-state index in [0.717, 1.165) is 0 Å². The molecule has 1 aliphatic carbocycles. The maximum atomic E-state index is 13.3. The number of carboxylic acids is 1. The van der Waals surface area contributed by atoms with Crippen molar-refractivity contribution in [3.63, 3.8) is 0 Å². The minimum Gasteiger partial charge on any atom is -0.481 e. The third kappa shape index (κ3) is 1.55. The molecular formula is C10H8ClF2NO3. The molecule has 4 nitrogen and oxygen atoms in total. The summed E-state index contributed by atoms with van der Waals surface area (Å²) in [6, 6.07) is 2.47. The topological polar surface area (TPSA) is 59.4 Å². The fourth-order valence-corrected chi connectivity index (χ4v) is 1.97. The molecule has 0 bridgehead atoms. The minimum atomic E-state index is -3.29. The van der Waals surface area contributed by atoms with Gasteiger partial charge in [0, 0.05) is 12.0 Å². The highest BCUT2D eigenvalue weighted by Crippen LogP contribution is 2.63. The lowest BCUT2D eigenvalue weighted by Gasteiger charge is -2.14. The van der Waals surface area contributed by atoms with Crippen LogP contribution >= 0.6 is 11.6 Å². The average molecular weight is 264 g/mol. The molecule has 1 saturated carbocycles. The summed E-state index contributed by atoms with van der Waals surface area (Å²) in [5, 5.41) is 9.04. The van der Waals surface area contributed by atoms with Crippen LogP contribution in [0, 0.1) is 0 Å². The Morgan fingerprint density at radius 3 is 2.59 bits per heavy atom. The van der Waals surface area contributed by atoms with Gasteiger partial charge in [0.2, 0.25) is 5.88 Å². The van der Waals surface area contributed by atoms with Crippen LogP contribution in [-0.4, -0.2) is 29.1 Å². The Kier molecular flexibility index (Phi) is 2.50. The highest BCUT2D eigenvalue weighted by molar-refractivity contribution is 6.29. The molecule has 1 fully saturated rings. The van der Waals surface area contributed by atoms with Crippen molar-refractivity contribution >= 4 is 17.6 Å². The molecule has 1 aromatic heterocycles. The van der Waals surface area contributed by atoms with Crippen molar-refractivity contribution in [2.24, 2.45) is 0 Å². The second-order valence-corrected chi connectivity index (χ2v) is 4.17. The number of alkyl halides is 2. The molecule has 0 aliphatic heterocycles. The quantitative estimate of drug-likeness (QED) is 0.849. The lowest BCUT2D eigenvalue weighted by molar-refractivity contribution is -0.143. The molecule has 0 radical (unpaired) electrons. The lowest BCUT2D eigenvalue weighted by atomic mass is 9.96. The van der Waals surface area contributed by atoms with Crippen LogP contribution in [0.5, 0.6) is 5.88 Å². The minimum absolute atomic E-state index is 0.0510. The van der Waals surface area contributed by atoms with E-state index in [2.05, 4.69) is 4.98 Å². The first-order chi connectivity index (χ1) is 7.85. The SMILES string of the molecule is COc1nc(Cl)ccc1C1(C(=O)O)CC1(F)F. The number of hydrogen-bond acceptors (Lipinski definition) is 3. The van der Waals surface area contributed by atoms with Gasteiger partial charge in [0.15, 0.2) is 5.41 Å². The second-order valence-electron chi connectivity index (χ2n) is 3.78. The molecule has 1 heterocycles. The molecule has 0 aromatic carbocycles. The Bertz CT molecular complexity index is 494. The zero-order valence-electron chi connectivity index (χ0n) is 8.71. The summed E-state index contributed by atoms with van der Waals surface area (Å²) in [5.74, 6) is -5.07. The molecule has 0 spiro atoms. The summed E-state index contributed by atoms with van der Waals surface area (Å²) in [6.45, 7) is 0. The van der Waals surface area contributed by atoms with Gasteiger partial charge in [-0.2, -0.15) is 0 Å². The molecule has 0 amide bonds. The molecule has 1 N–H and O–H groups in total. The van der Waals surface area contributed by atoms with Gasteiger partial charge in [0.1, 0.15) is 5.15 Å². The van der Waals surface area contributed by atoms with Gasteiger partial charge in [0.05, 0.1) is 7.11 Å². The van der Waals surface area contributed by atoms with Crippen molar-refractivity contribution in [2.75, 3.05) is 7.11 Å². The summed E-state index contributed by atoms with van der Waals surface area (Å²) in [4.78, 5) is 14.7. The number of ether oxygens (including phenoxy) is 1. The molecule has 2 rings (SSSR count). The monoisotopic (exact) mass is 263 g/mol. The fraction of sp³-hybridized carbons (Fsp3) is 0.400. The second kappa shape index (κ2) is 3.53. The number of rotatable bonds is 3. The number of halogens is 3. The van der Waals surface area contributed by atoms with Gasteiger partial charge in [-0.05, 0) is 12.1 Å². The molecule has 17 heavy (non-hydrogen) atoms. The van der Waals surface area contributed by atoms with E-state index < -0.39 is 23.7 Å². The number of nitrogens with zero attached hydrogens (tertiary/aromatic N) is 1. The summed E-state index contributed by atoms with van der Waals surface area (Å²) in [6.07, 6.45) is -0.755. The van der Waals surface area contributed by atoms with E-state index in [-0.39, 0.29) is 16.6 Å². The average Bonchev–Trinajstić information content (AvgIpc) is 2.83. The van der Waals surface area contributed by atoms with Gasteiger partial charge in [-0.25, -0.2) is 13.8 Å². The maximum absolute atomic E-state index is 13.3. The lowest BCUT2D eigenvalue weighted by Crippen LogP contribution is -2.28. The number of aromatic nitrogens is 1. The Hall–Kier alpha value is -1.43. The highest BCUT2D eigenvalue weighted by Gasteiger charge is 2.78. The zero-order chi connectivity index (χ0) is 12.8. The first-order valence-corrected chi connectivity index (χ1v) is 5.05. The van der Waals surface area contributed by atoms with Crippen molar-refractivity contribution in [1.29, 1.82) is 0 Å². The van der Waals surface area contributed by atoms with E-state index in [1.807, 2.05) is 0 Å². The fourth-order valence-electron chi connectivity index (χ4n) is 1.83. The number of pyridine rings is 1. The van der Waals surface area contributed by atoms with Crippen LogP contribution in [0.4, 0.5) is 8.78 Å². The van der Waals surface area contributed by atoms with Crippen LogP contribution in [-0.2, 0) is 10.2 Å². The molecule has 7 heteroatoms. The molecular weight excluding hydrogens is 256 g/mol. The van der Waals surface area contributed by atoms with Gasteiger partial charge >= 0.3 is 5.97 Å². The number of carboxylic acid groups (broad SMARTS) is 1. The first-order valence-electron chi connectivity index (χ1n) is 4.67. The van der Waals surface area contributed by atoms with Crippen molar-refractivity contribution < 1.29 is 23.4 Å². The van der Waals surface area contributed by atoms with Crippen molar-refractivity contribution in [3.05, 3.63) is 22.8 Å². The van der Waals surface area contributed by atoms with Gasteiger partial charge in [-0.1, -0.05) is 11.6 Å². The Morgan fingerprint density at radius 1 is 1.59 bits per heavy atom. The first kappa shape index (κ1) is 12.0. The van der Waals surface area contributed by atoms with Gasteiger partial charge in [-0.3, -0.25) is 4.79 Å². The number of carbonyl (C=O) groups is 1. The van der Waals surface area contributed by atoms with Crippen LogP contribution < -0.4 is 4.74 Å². The van der Waals surface area contributed by atoms with Crippen LogP contribution in [0.15, 0.2) is 12.1 Å². The predicted molar refractivity (Wildman–Crippen MR) is 54.7 cm³/mol. The van der Waals surface area contributed by atoms with Crippen molar-refractivity contribution in [1.82, 2.24) is 4.98 Å². The van der Waals surface area contributed by atoms with Gasteiger partial charge in [-0.15, -0.1) is 0 Å². The molecule has 1 aliphatic rings. The largest absolute Gasteiger partial charge is 0.481 e. The molecule has 1 atom stereocenters. The van der Waals surface area contributed by atoms with Crippen LogP contribution in [0.3, 0.4) is 0 Å². The Morgan fingerprint density at radius 2 is 2.18 bits per heavy atom. The summed E-state index contributed by atoms with van der Waals surface area (Å²) in [5.41, 5.74) is -2.39. The number of hydrogen-bond donors (Lipinski definition) is 1. The third-order valence-corrected chi connectivity index (χ3v) is 3.04. The van der Waals surface area contributed by atoms with Crippen LogP contribution in [0.1, 0.15) is 12.0 Å². The van der Waals surface area contributed by atoms with E-state index >= 15 is 0 Å². The van der Waals surface area contributed by atoms with Crippen LogP contribution in [0.2, 0.25) is 5.15 Å². The van der Waals surface area contributed by atoms with Gasteiger partial charge < -0.3 is 9.84 Å². The normalized spacial score (nSPS) is 25.4. The van der Waals surface area contributed by atoms with Crippen LogP contribution in [0.25, 0.3) is 0 Å². The van der Waals surface area contributed by atoms with E-state index in [1.54, 1.807) is 0 Å². The van der Waals surface area contributed by atoms with E-state index in [4.69, 9.17) is 21.4 Å². The van der Waals surface area contributed by atoms with Gasteiger partial charge in [0.25, 0.3) is 5.92 Å². The summed E-state index contributed by atoms with van der Waals surface area (Å²) < 4.78 is 31.4. The summed E-state index contributed by atoms with van der Waals surface area (Å²) in [7, 11) is 1.22. The number of methoxy groups -OCH3 is 1. The highest BCUT2D eigenvalue weighted by atomic mass is 35.5. The molecule has 92 valence electrons.